The van der Waals surface area contributed by atoms with Gasteiger partial charge in [-0.15, -0.1) is 24.0 Å². The van der Waals surface area contributed by atoms with Crippen LogP contribution in [0.3, 0.4) is 0 Å². The molecule has 1 aliphatic heterocycles. The summed E-state index contributed by atoms with van der Waals surface area (Å²) < 4.78 is 0. The number of halogens is 1. The van der Waals surface area contributed by atoms with Crippen molar-refractivity contribution in [2.45, 2.75) is 52.1 Å². The maximum absolute atomic E-state index is 9.50. The van der Waals surface area contributed by atoms with Gasteiger partial charge in [0.15, 0.2) is 5.96 Å². The third-order valence-electron chi connectivity index (χ3n) is 3.99. The van der Waals surface area contributed by atoms with Gasteiger partial charge in [0.05, 0.1) is 6.10 Å². The van der Waals surface area contributed by atoms with Crippen molar-refractivity contribution in [3.8, 4) is 0 Å². The van der Waals surface area contributed by atoms with Crippen LogP contribution in [0.15, 0.2) is 4.99 Å². The summed E-state index contributed by atoms with van der Waals surface area (Å²) in [5.41, 5.74) is 0. The molecule has 22 heavy (non-hydrogen) atoms. The molecule has 0 saturated carbocycles. The van der Waals surface area contributed by atoms with Gasteiger partial charge in [0.25, 0.3) is 0 Å². The minimum Gasteiger partial charge on any atom is -0.393 e. The van der Waals surface area contributed by atoms with E-state index in [1.54, 1.807) is 0 Å². The van der Waals surface area contributed by atoms with Crippen LogP contribution in [0.4, 0.5) is 0 Å². The molecule has 0 bridgehead atoms. The molecule has 5 nitrogen and oxygen atoms in total. The molecule has 1 aliphatic rings. The van der Waals surface area contributed by atoms with Crippen molar-refractivity contribution in [1.29, 1.82) is 0 Å². The Morgan fingerprint density at radius 1 is 1.27 bits per heavy atom. The SMILES string of the molecule is CCCCN(C)C(=NCCCN1CCC(O)CC1)NCC.I. The Hall–Kier alpha value is -0.0800. The Bertz CT molecular complexity index is 294. The Morgan fingerprint density at radius 2 is 1.95 bits per heavy atom. The number of guanidine groups is 1. The van der Waals surface area contributed by atoms with Crippen LogP contribution >= 0.6 is 24.0 Å². The minimum absolute atomic E-state index is 0. The zero-order chi connectivity index (χ0) is 15.5. The highest BCUT2D eigenvalue weighted by Crippen LogP contribution is 2.09. The van der Waals surface area contributed by atoms with Gasteiger partial charge in [-0.2, -0.15) is 0 Å². The molecule has 0 radical (unpaired) electrons. The highest BCUT2D eigenvalue weighted by molar-refractivity contribution is 14.0. The van der Waals surface area contributed by atoms with Gasteiger partial charge in [0.2, 0.25) is 0 Å². The number of nitrogens with zero attached hydrogens (tertiary/aromatic N) is 3. The Balaban J connectivity index is 0.00000441. The summed E-state index contributed by atoms with van der Waals surface area (Å²) in [5.74, 6) is 1.03. The average molecular weight is 426 g/mol. The minimum atomic E-state index is -0.0770. The van der Waals surface area contributed by atoms with E-state index in [1.165, 1.54) is 12.8 Å². The predicted molar refractivity (Wildman–Crippen MR) is 105 cm³/mol. The third-order valence-corrected chi connectivity index (χ3v) is 3.99. The molecular weight excluding hydrogens is 391 g/mol. The topological polar surface area (TPSA) is 51.1 Å². The first-order valence-electron chi connectivity index (χ1n) is 8.57. The van der Waals surface area contributed by atoms with Crippen LogP contribution < -0.4 is 5.32 Å². The van der Waals surface area contributed by atoms with Crippen molar-refractivity contribution in [2.75, 3.05) is 46.3 Å². The molecule has 1 heterocycles. The molecule has 1 saturated heterocycles. The Labute approximate surface area is 153 Å². The summed E-state index contributed by atoms with van der Waals surface area (Å²) in [6.07, 6.45) is 5.28. The molecule has 2 N–H and O–H groups in total. The smallest absolute Gasteiger partial charge is 0.193 e. The summed E-state index contributed by atoms with van der Waals surface area (Å²) in [4.78, 5) is 9.39. The maximum atomic E-state index is 9.50. The van der Waals surface area contributed by atoms with Crippen LogP contribution in [-0.4, -0.2) is 73.3 Å². The second-order valence-corrected chi connectivity index (χ2v) is 5.94. The number of nitrogens with one attached hydrogen (secondary N) is 1. The van der Waals surface area contributed by atoms with Crippen molar-refractivity contribution in [3.05, 3.63) is 0 Å². The predicted octanol–water partition coefficient (Wildman–Crippen LogP) is 2.15. The fraction of sp³-hybridized carbons (Fsp3) is 0.938. The zero-order valence-electron chi connectivity index (χ0n) is 14.6. The molecule has 0 aromatic carbocycles. The molecular formula is C16H35IN4O. The quantitative estimate of drug-likeness (QED) is 0.270. The van der Waals surface area contributed by atoms with E-state index in [0.717, 1.165) is 64.5 Å². The largest absolute Gasteiger partial charge is 0.393 e. The molecule has 0 unspecified atom stereocenters. The molecule has 132 valence electrons. The molecule has 0 atom stereocenters. The summed E-state index contributed by atoms with van der Waals surface area (Å²) in [5, 5.41) is 12.9. The van der Waals surface area contributed by atoms with Gasteiger partial charge in [-0.1, -0.05) is 13.3 Å². The molecule has 0 aromatic heterocycles. The fourth-order valence-corrected chi connectivity index (χ4v) is 2.59. The molecule has 0 spiro atoms. The lowest BCUT2D eigenvalue weighted by molar-refractivity contribution is 0.0824. The number of aliphatic hydroxyl groups excluding tert-OH is 1. The first kappa shape index (κ1) is 21.9. The van der Waals surface area contributed by atoms with Crippen LogP contribution in [0.1, 0.15) is 46.0 Å². The first-order valence-corrected chi connectivity index (χ1v) is 8.57. The number of piperidine rings is 1. The van der Waals surface area contributed by atoms with Gasteiger partial charge in [-0.25, -0.2) is 0 Å². The number of unbranched alkanes of at least 4 members (excludes halogenated alkanes) is 1. The maximum Gasteiger partial charge on any atom is 0.193 e. The number of hydrogen-bond donors (Lipinski definition) is 2. The second-order valence-electron chi connectivity index (χ2n) is 5.94. The van der Waals surface area contributed by atoms with Crippen LogP contribution in [0.2, 0.25) is 0 Å². The van der Waals surface area contributed by atoms with E-state index in [4.69, 9.17) is 4.99 Å². The lowest BCUT2D eigenvalue weighted by atomic mass is 10.1. The standard InChI is InChI=1S/C16H34N4O.HI/c1-4-6-11-19(3)16(17-5-2)18-10-7-12-20-13-8-15(21)9-14-20;/h15,21H,4-14H2,1-3H3,(H,17,18);1H. The van der Waals surface area contributed by atoms with Gasteiger partial charge >= 0.3 is 0 Å². The van der Waals surface area contributed by atoms with E-state index in [1.807, 2.05) is 0 Å². The molecule has 1 rings (SSSR count). The number of aliphatic hydroxyl groups is 1. The normalized spacial score (nSPS) is 17.2. The summed E-state index contributed by atoms with van der Waals surface area (Å²) >= 11 is 0. The van der Waals surface area contributed by atoms with Gasteiger partial charge in [-0.3, -0.25) is 4.99 Å². The van der Waals surface area contributed by atoms with Crippen molar-refractivity contribution in [2.24, 2.45) is 4.99 Å². The van der Waals surface area contributed by atoms with E-state index >= 15 is 0 Å². The van der Waals surface area contributed by atoms with Gasteiger partial charge < -0.3 is 20.2 Å². The average Bonchev–Trinajstić information content (AvgIpc) is 2.49. The van der Waals surface area contributed by atoms with Crippen molar-refractivity contribution >= 4 is 29.9 Å². The lowest BCUT2D eigenvalue weighted by Gasteiger charge is -2.29. The zero-order valence-corrected chi connectivity index (χ0v) is 16.9. The van der Waals surface area contributed by atoms with E-state index in [0.29, 0.717) is 0 Å². The van der Waals surface area contributed by atoms with Gasteiger partial charge in [-0.05, 0) is 39.2 Å². The number of aliphatic imine (C=N–C) groups is 1. The summed E-state index contributed by atoms with van der Waals surface area (Å²) in [6.45, 7) is 10.3. The number of hydrogen-bond acceptors (Lipinski definition) is 3. The van der Waals surface area contributed by atoms with Crippen LogP contribution in [0, 0.1) is 0 Å². The second kappa shape index (κ2) is 13.4. The monoisotopic (exact) mass is 426 g/mol. The van der Waals surface area contributed by atoms with E-state index in [2.05, 4.69) is 36.0 Å². The van der Waals surface area contributed by atoms with Crippen LogP contribution in [-0.2, 0) is 0 Å². The third kappa shape index (κ3) is 9.15. The molecule has 0 aromatic rings. The Kier molecular flexibility index (Phi) is 13.3. The molecule has 0 aliphatic carbocycles. The lowest BCUT2D eigenvalue weighted by Crippen LogP contribution is -2.39. The molecule has 6 heteroatoms. The van der Waals surface area contributed by atoms with E-state index < -0.39 is 0 Å². The Morgan fingerprint density at radius 3 is 2.55 bits per heavy atom. The van der Waals surface area contributed by atoms with E-state index in [-0.39, 0.29) is 30.1 Å². The number of rotatable bonds is 8. The van der Waals surface area contributed by atoms with Crippen molar-refractivity contribution < 1.29 is 5.11 Å². The molecule has 1 fully saturated rings. The summed E-state index contributed by atoms with van der Waals surface area (Å²) in [7, 11) is 2.11. The number of likely N-dealkylation sites (tertiary alicyclic amines) is 1. The highest BCUT2D eigenvalue weighted by atomic mass is 127. The first-order chi connectivity index (χ1) is 10.2. The van der Waals surface area contributed by atoms with Crippen molar-refractivity contribution in [3.63, 3.8) is 0 Å². The van der Waals surface area contributed by atoms with Crippen molar-refractivity contribution in [1.82, 2.24) is 15.1 Å². The van der Waals surface area contributed by atoms with E-state index in [9.17, 15) is 5.11 Å². The van der Waals surface area contributed by atoms with Gasteiger partial charge in [0, 0.05) is 39.8 Å². The molecule has 0 amide bonds. The summed E-state index contributed by atoms with van der Waals surface area (Å²) in [6, 6.07) is 0. The van der Waals surface area contributed by atoms with Crippen LogP contribution in [0.5, 0.6) is 0 Å². The van der Waals surface area contributed by atoms with Crippen LogP contribution in [0.25, 0.3) is 0 Å². The fourth-order valence-electron chi connectivity index (χ4n) is 2.59. The van der Waals surface area contributed by atoms with Gasteiger partial charge in [0.1, 0.15) is 0 Å². The highest BCUT2D eigenvalue weighted by Gasteiger charge is 2.15.